The number of aliphatic hydroxyl groups is 1. The van der Waals surface area contributed by atoms with Crippen molar-refractivity contribution in [3.8, 4) is 0 Å². The van der Waals surface area contributed by atoms with Gasteiger partial charge in [-0.1, -0.05) is 0 Å². The van der Waals surface area contributed by atoms with Crippen LogP contribution in [-0.2, 0) is 0 Å². The van der Waals surface area contributed by atoms with Crippen molar-refractivity contribution in [3.63, 3.8) is 0 Å². The zero-order valence-electron chi connectivity index (χ0n) is 5.99. The van der Waals surface area contributed by atoms with Crippen molar-refractivity contribution in [3.05, 3.63) is 0 Å². The van der Waals surface area contributed by atoms with E-state index >= 15 is 0 Å². The van der Waals surface area contributed by atoms with E-state index in [-0.39, 0.29) is 0 Å². The topological polar surface area (TPSA) is 40.5 Å². The Hall–Kier alpha value is 0.270. The number of hydrogen-bond donors (Lipinski definition) is 2. The Kier molecular flexibility index (Phi) is 3.52. The number of rotatable bonds is 2. The molecular weight excluding hydrogens is 148 g/mol. The zero-order valence-corrected chi connectivity index (χ0v) is 6.81. The van der Waals surface area contributed by atoms with Gasteiger partial charge in [-0.15, -0.1) is 0 Å². The van der Waals surface area contributed by atoms with Crippen molar-refractivity contribution in [1.29, 1.82) is 0 Å². The molecule has 1 aliphatic carbocycles. The summed E-state index contributed by atoms with van der Waals surface area (Å²) >= 11 is 0.977. The monoisotopic (exact) mass is 162 g/mol. The van der Waals surface area contributed by atoms with E-state index in [1.165, 1.54) is 0 Å². The van der Waals surface area contributed by atoms with Crippen LogP contribution in [0.3, 0.4) is 0 Å². The summed E-state index contributed by atoms with van der Waals surface area (Å²) in [5, 5.41) is 9.21. The highest BCUT2D eigenvalue weighted by Gasteiger charge is 2.20. The molecule has 0 aliphatic heterocycles. The first-order chi connectivity index (χ1) is 4.86. The lowest BCUT2D eigenvalue weighted by Crippen LogP contribution is -2.18. The Morgan fingerprint density at radius 3 is 2.20 bits per heavy atom. The molecule has 0 atom stereocenters. The minimum absolute atomic E-state index is 0.322. The lowest BCUT2D eigenvalue weighted by molar-refractivity contribution is 0.191. The van der Waals surface area contributed by atoms with Crippen LogP contribution in [0.25, 0.3) is 0 Å². The molecule has 1 aliphatic rings. The molecule has 0 amide bonds. The summed E-state index contributed by atoms with van der Waals surface area (Å²) in [6.07, 6.45) is 4.28. The highest BCUT2D eigenvalue weighted by atomic mass is 32.2. The van der Waals surface area contributed by atoms with Gasteiger partial charge in [-0.05, 0) is 43.6 Å². The molecule has 0 aromatic carbocycles. The Bertz CT molecular complexity index is 77.6. The standard InChI is InChI=1S/C7H14O2S/c8-5-6-1-3-7(10-9)4-2-6/h6-9H,1-5H2. The maximum absolute atomic E-state index is 8.78. The van der Waals surface area contributed by atoms with Crippen LogP contribution >= 0.6 is 12.0 Å². The normalized spacial score (nSPS) is 34.2. The summed E-state index contributed by atoms with van der Waals surface area (Å²) in [7, 11) is 0. The molecule has 10 heavy (non-hydrogen) atoms. The van der Waals surface area contributed by atoms with Gasteiger partial charge in [-0.2, -0.15) is 0 Å². The lowest BCUT2D eigenvalue weighted by atomic mass is 9.90. The largest absolute Gasteiger partial charge is 0.396 e. The summed E-state index contributed by atoms with van der Waals surface area (Å²) in [4.78, 5) is 0. The second kappa shape index (κ2) is 4.21. The van der Waals surface area contributed by atoms with Crippen LogP contribution in [-0.4, -0.2) is 21.5 Å². The second-order valence-electron chi connectivity index (χ2n) is 2.93. The predicted molar refractivity (Wildman–Crippen MR) is 43.1 cm³/mol. The van der Waals surface area contributed by atoms with Gasteiger partial charge in [0.2, 0.25) is 0 Å². The third-order valence-corrected chi connectivity index (χ3v) is 2.97. The van der Waals surface area contributed by atoms with E-state index in [1.807, 2.05) is 0 Å². The second-order valence-corrected chi connectivity index (χ2v) is 3.81. The first kappa shape index (κ1) is 8.37. The molecule has 1 saturated carbocycles. The Labute approximate surface area is 65.8 Å². The van der Waals surface area contributed by atoms with Crippen molar-refractivity contribution in [2.75, 3.05) is 6.61 Å². The highest BCUT2D eigenvalue weighted by Crippen LogP contribution is 2.29. The Morgan fingerprint density at radius 2 is 1.80 bits per heavy atom. The van der Waals surface area contributed by atoms with Crippen LogP contribution in [0.4, 0.5) is 0 Å². The Balaban J connectivity index is 2.17. The first-order valence-electron chi connectivity index (χ1n) is 3.78. The summed E-state index contributed by atoms with van der Waals surface area (Å²) in [5.74, 6) is 0.503. The van der Waals surface area contributed by atoms with E-state index in [0.29, 0.717) is 17.8 Å². The summed E-state index contributed by atoms with van der Waals surface area (Å²) in [6, 6.07) is 0. The molecule has 60 valence electrons. The third-order valence-electron chi connectivity index (χ3n) is 2.20. The van der Waals surface area contributed by atoms with Gasteiger partial charge in [-0.25, -0.2) is 0 Å². The first-order valence-corrected chi connectivity index (χ1v) is 4.61. The van der Waals surface area contributed by atoms with Crippen molar-refractivity contribution >= 4 is 12.0 Å². The van der Waals surface area contributed by atoms with E-state index in [1.54, 1.807) is 0 Å². The van der Waals surface area contributed by atoms with E-state index in [2.05, 4.69) is 0 Å². The van der Waals surface area contributed by atoms with Crippen molar-refractivity contribution in [2.45, 2.75) is 30.9 Å². The van der Waals surface area contributed by atoms with Crippen molar-refractivity contribution in [2.24, 2.45) is 5.92 Å². The molecule has 0 aromatic heterocycles. The van der Waals surface area contributed by atoms with E-state index < -0.39 is 0 Å². The summed E-state index contributed by atoms with van der Waals surface area (Å²) in [5.41, 5.74) is 0. The van der Waals surface area contributed by atoms with Crippen LogP contribution in [0.15, 0.2) is 0 Å². The van der Waals surface area contributed by atoms with Gasteiger partial charge >= 0.3 is 0 Å². The smallest absolute Gasteiger partial charge is 0.0459 e. The molecule has 0 unspecified atom stereocenters. The molecule has 0 heterocycles. The van der Waals surface area contributed by atoms with Gasteiger partial charge in [0.05, 0.1) is 0 Å². The maximum Gasteiger partial charge on any atom is 0.0459 e. The molecule has 3 heteroatoms. The number of aliphatic hydroxyl groups excluding tert-OH is 1. The molecule has 0 aromatic rings. The summed E-state index contributed by atoms with van der Waals surface area (Å²) < 4.78 is 8.70. The molecule has 0 radical (unpaired) electrons. The van der Waals surface area contributed by atoms with E-state index in [9.17, 15) is 0 Å². The lowest BCUT2D eigenvalue weighted by Gasteiger charge is -2.24. The molecule has 1 rings (SSSR count). The Morgan fingerprint density at radius 1 is 1.20 bits per heavy atom. The van der Waals surface area contributed by atoms with Gasteiger partial charge < -0.3 is 9.66 Å². The van der Waals surface area contributed by atoms with Crippen LogP contribution in [0.1, 0.15) is 25.7 Å². The van der Waals surface area contributed by atoms with E-state index in [4.69, 9.17) is 9.66 Å². The average Bonchev–Trinajstić information content (AvgIpc) is 2.05. The quantitative estimate of drug-likeness (QED) is 0.608. The fourth-order valence-electron chi connectivity index (χ4n) is 1.42. The molecule has 0 saturated heterocycles. The van der Waals surface area contributed by atoms with Gasteiger partial charge in [0, 0.05) is 11.9 Å². The third kappa shape index (κ3) is 2.15. The minimum Gasteiger partial charge on any atom is -0.396 e. The van der Waals surface area contributed by atoms with Crippen LogP contribution in [0.2, 0.25) is 0 Å². The van der Waals surface area contributed by atoms with Gasteiger partial charge in [0.15, 0.2) is 0 Å². The zero-order chi connectivity index (χ0) is 7.40. The van der Waals surface area contributed by atoms with Crippen LogP contribution in [0, 0.1) is 5.92 Å². The number of hydrogen-bond acceptors (Lipinski definition) is 3. The minimum atomic E-state index is 0.322. The fraction of sp³-hybridized carbons (Fsp3) is 1.00. The molecule has 2 N–H and O–H groups in total. The molecule has 2 nitrogen and oxygen atoms in total. The van der Waals surface area contributed by atoms with Crippen molar-refractivity contribution < 1.29 is 9.66 Å². The maximum atomic E-state index is 8.78. The van der Waals surface area contributed by atoms with Crippen LogP contribution in [0.5, 0.6) is 0 Å². The van der Waals surface area contributed by atoms with Gasteiger partial charge in [0.25, 0.3) is 0 Å². The molecule has 1 fully saturated rings. The SMILES string of the molecule is OCC1CCC(SO)CC1. The molecular formula is C7H14O2S. The van der Waals surface area contributed by atoms with Crippen LogP contribution < -0.4 is 0 Å². The highest BCUT2D eigenvalue weighted by molar-refractivity contribution is 7.94. The summed E-state index contributed by atoms with van der Waals surface area (Å²) in [6.45, 7) is 0.322. The molecule has 0 spiro atoms. The predicted octanol–water partition coefficient (Wildman–Crippen LogP) is 1.74. The van der Waals surface area contributed by atoms with Gasteiger partial charge in [-0.3, -0.25) is 0 Å². The van der Waals surface area contributed by atoms with E-state index in [0.717, 1.165) is 37.7 Å². The fourth-order valence-corrected chi connectivity index (χ4v) is 1.90. The average molecular weight is 162 g/mol. The molecule has 0 bridgehead atoms. The van der Waals surface area contributed by atoms with Crippen molar-refractivity contribution in [1.82, 2.24) is 0 Å². The van der Waals surface area contributed by atoms with Gasteiger partial charge in [0.1, 0.15) is 0 Å².